The normalized spacial score (nSPS) is 17.6. The summed E-state index contributed by atoms with van der Waals surface area (Å²) in [6, 6.07) is 20.7. The highest BCUT2D eigenvalue weighted by atomic mass is 35.5. The zero-order valence-corrected chi connectivity index (χ0v) is 20.0. The second-order valence-electron chi connectivity index (χ2n) is 8.45. The maximum atomic E-state index is 13.8. The van der Waals surface area contributed by atoms with Gasteiger partial charge in [0, 0.05) is 18.1 Å². The first-order valence-electron chi connectivity index (χ1n) is 11.3. The third-order valence-electron chi connectivity index (χ3n) is 5.88. The number of carboxylic acid groups (broad SMARTS) is 1. The van der Waals surface area contributed by atoms with Crippen LogP contribution in [0.15, 0.2) is 78.9 Å². The van der Waals surface area contributed by atoms with Crippen molar-refractivity contribution in [1.29, 1.82) is 0 Å². The van der Waals surface area contributed by atoms with Gasteiger partial charge in [0.15, 0.2) is 6.10 Å². The molecule has 0 spiro atoms. The van der Waals surface area contributed by atoms with Gasteiger partial charge in [0.25, 0.3) is 5.91 Å². The summed E-state index contributed by atoms with van der Waals surface area (Å²) in [7, 11) is 0. The first-order chi connectivity index (χ1) is 17.3. The molecule has 9 heteroatoms. The van der Waals surface area contributed by atoms with Crippen LogP contribution < -0.4 is 0 Å². The molecule has 7 nitrogen and oxygen atoms in total. The molecule has 0 aromatic heterocycles. The van der Waals surface area contributed by atoms with Gasteiger partial charge >= 0.3 is 5.97 Å². The highest BCUT2D eigenvalue weighted by Crippen LogP contribution is 2.33. The summed E-state index contributed by atoms with van der Waals surface area (Å²) in [5, 5.41) is 10.00. The zero-order chi connectivity index (χ0) is 25.7. The minimum atomic E-state index is -1.20. The molecule has 1 fully saturated rings. The summed E-state index contributed by atoms with van der Waals surface area (Å²) in [6.07, 6.45) is -1.15. The number of aliphatic carboxylic acids is 1. The number of ether oxygens (including phenoxy) is 1. The van der Waals surface area contributed by atoms with Crippen LogP contribution in [0.1, 0.15) is 22.7 Å². The molecule has 2 atom stereocenters. The van der Waals surface area contributed by atoms with Crippen molar-refractivity contribution < 1.29 is 28.6 Å². The SMILES string of the molecule is O=C(O)CN(Cc1ccc(F)cc1)C(=O)[C@H]1OCC(=O)N(Cc2cccc(Cl)c2)[C@@H]1c1ccccc1. The Morgan fingerprint density at radius 2 is 1.75 bits per heavy atom. The van der Waals surface area contributed by atoms with Gasteiger partial charge in [-0.25, -0.2) is 4.39 Å². The second-order valence-corrected chi connectivity index (χ2v) is 8.89. The highest BCUT2D eigenvalue weighted by Gasteiger charge is 2.43. The van der Waals surface area contributed by atoms with Gasteiger partial charge in [-0.1, -0.05) is 66.2 Å². The van der Waals surface area contributed by atoms with Crippen molar-refractivity contribution in [2.24, 2.45) is 0 Å². The second kappa shape index (κ2) is 11.3. The Bertz CT molecular complexity index is 1240. The van der Waals surface area contributed by atoms with E-state index in [0.717, 1.165) is 10.5 Å². The molecule has 0 aliphatic carbocycles. The molecule has 0 bridgehead atoms. The number of carbonyl (C=O) groups is 3. The number of hydrogen-bond donors (Lipinski definition) is 1. The average molecular weight is 511 g/mol. The van der Waals surface area contributed by atoms with Gasteiger partial charge in [-0.05, 0) is 41.0 Å². The number of hydrogen-bond acceptors (Lipinski definition) is 4. The molecular weight excluding hydrogens is 487 g/mol. The Morgan fingerprint density at radius 1 is 1.03 bits per heavy atom. The van der Waals surface area contributed by atoms with E-state index in [-0.39, 0.29) is 25.6 Å². The number of halogens is 2. The summed E-state index contributed by atoms with van der Waals surface area (Å²) in [4.78, 5) is 41.1. The number of rotatable bonds is 8. The lowest BCUT2D eigenvalue weighted by Crippen LogP contribution is -2.55. The smallest absolute Gasteiger partial charge is 0.323 e. The van der Waals surface area contributed by atoms with Crippen molar-refractivity contribution in [3.05, 3.63) is 106 Å². The molecular formula is C27H24ClFN2O5. The first kappa shape index (κ1) is 25.3. The minimum absolute atomic E-state index is 0.0605. The third kappa shape index (κ3) is 6.08. The predicted octanol–water partition coefficient (Wildman–Crippen LogP) is 4.06. The molecule has 1 heterocycles. The fourth-order valence-electron chi connectivity index (χ4n) is 4.25. The van der Waals surface area contributed by atoms with Crippen LogP contribution in [-0.4, -0.2) is 51.9 Å². The van der Waals surface area contributed by atoms with Gasteiger partial charge in [0.1, 0.15) is 19.0 Å². The molecule has 4 rings (SSSR count). The van der Waals surface area contributed by atoms with E-state index in [2.05, 4.69) is 0 Å². The summed E-state index contributed by atoms with van der Waals surface area (Å²) in [6.45, 7) is -0.796. The average Bonchev–Trinajstić information content (AvgIpc) is 2.86. The fourth-order valence-corrected chi connectivity index (χ4v) is 4.46. The Hall–Kier alpha value is -3.75. The quantitative estimate of drug-likeness (QED) is 0.494. The van der Waals surface area contributed by atoms with Crippen molar-refractivity contribution in [3.63, 3.8) is 0 Å². The van der Waals surface area contributed by atoms with Crippen LogP contribution in [0.4, 0.5) is 4.39 Å². The molecule has 3 aromatic carbocycles. The summed E-state index contributed by atoms with van der Waals surface area (Å²) in [5.41, 5.74) is 2.01. The lowest BCUT2D eigenvalue weighted by Gasteiger charge is -2.42. The van der Waals surface area contributed by atoms with Crippen LogP contribution in [0.3, 0.4) is 0 Å². The Balaban J connectivity index is 1.69. The molecule has 0 unspecified atom stereocenters. The molecule has 0 radical (unpaired) electrons. The van der Waals surface area contributed by atoms with Gasteiger partial charge < -0.3 is 19.6 Å². The summed E-state index contributed by atoms with van der Waals surface area (Å²) in [5.74, 6) is -2.54. The Morgan fingerprint density at radius 3 is 2.42 bits per heavy atom. The van der Waals surface area contributed by atoms with Crippen molar-refractivity contribution >= 4 is 29.4 Å². The van der Waals surface area contributed by atoms with Crippen molar-refractivity contribution in [3.8, 4) is 0 Å². The van der Waals surface area contributed by atoms with E-state index in [1.165, 1.54) is 24.3 Å². The topological polar surface area (TPSA) is 87.1 Å². The van der Waals surface area contributed by atoms with E-state index in [0.29, 0.717) is 16.1 Å². The van der Waals surface area contributed by atoms with Crippen LogP contribution in [0.25, 0.3) is 0 Å². The molecule has 0 saturated carbocycles. The van der Waals surface area contributed by atoms with Crippen LogP contribution in [-0.2, 0) is 32.2 Å². The first-order valence-corrected chi connectivity index (χ1v) is 11.6. The Kier molecular flexibility index (Phi) is 7.97. The van der Waals surface area contributed by atoms with E-state index < -0.39 is 36.4 Å². The molecule has 2 amide bonds. The summed E-state index contributed by atoms with van der Waals surface area (Å²) >= 11 is 6.14. The lowest BCUT2D eigenvalue weighted by atomic mass is 9.95. The monoisotopic (exact) mass is 510 g/mol. The van der Waals surface area contributed by atoms with Crippen LogP contribution in [0, 0.1) is 5.82 Å². The largest absolute Gasteiger partial charge is 0.480 e. The molecule has 3 aromatic rings. The van der Waals surface area contributed by atoms with Gasteiger partial charge in [-0.15, -0.1) is 0 Å². The van der Waals surface area contributed by atoms with E-state index in [1.54, 1.807) is 47.4 Å². The molecule has 1 aliphatic heterocycles. The molecule has 1 saturated heterocycles. The molecule has 1 aliphatic rings. The Labute approximate surface area is 212 Å². The molecule has 186 valence electrons. The van der Waals surface area contributed by atoms with Crippen LogP contribution in [0.2, 0.25) is 5.02 Å². The van der Waals surface area contributed by atoms with Crippen molar-refractivity contribution in [2.45, 2.75) is 25.2 Å². The lowest BCUT2D eigenvalue weighted by molar-refractivity contribution is -0.172. The zero-order valence-electron chi connectivity index (χ0n) is 19.2. The van der Waals surface area contributed by atoms with Crippen molar-refractivity contribution in [2.75, 3.05) is 13.2 Å². The van der Waals surface area contributed by atoms with Crippen molar-refractivity contribution in [1.82, 2.24) is 9.80 Å². The van der Waals surface area contributed by atoms with Gasteiger partial charge in [0.2, 0.25) is 5.91 Å². The van der Waals surface area contributed by atoms with Gasteiger partial charge in [-0.3, -0.25) is 14.4 Å². The standard InChI is InChI=1S/C27H24ClFN2O5/c28-21-8-4-5-19(13-21)15-31-23(32)17-36-26(25(31)20-6-2-1-3-7-20)27(35)30(16-24(33)34)14-18-9-11-22(29)12-10-18/h1-13,25-26H,14-17H2,(H,33,34)/t25-,26+/m1/s1. The van der Waals surface area contributed by atoms with E-state index >= 15 is 0 Å². The number of morpholine rings is 1. The predicted molar refractivity (Wildman–Crippen MR) is 130 cm³/mol. The van der Waals surface area contributed by atoms with E-state index in [9.17, 15) is 23.9 Å². The number of amides is 2. The van der Waals surface area contributed by atoms with Crippen LogP contribution >= 0.6 is 11.6 Å². The number of benzene rings is 3. The minimum Gasteiger partial charge on any atom is -0.480 e. The highest BCUT2D eigenvalue weighted by molar-refractivity contribution is 6.30. The fraction of sp³-hybridized carbons (Fsp3) is 0.222. The molecule has 36 heavy (non-hydrogen) atoms. The van der Waals surface area contributed by atoms with Crippen LogP contribution in [0.5, 0.6) is 0 Å². The third-order valence-corrected chi connectivity index (χ3v) is 6.12. The summed E-state index contributed by atoms with van der Waals surface area (Å²) < 4.78 is 19.1. The van der Waals surface area contributed by atoms with E-state index in [1.807, 2.05) is 12.1 Å². The maximum absolute atomic E-state index is 13.8. The maximum Gasteiger partial charge on any atom is 0.323 e. The van der Waals surface area contributed by atoms with E-state index in [4.69, 9.17) is 16.3 Å². The molecule has 1 N–H and O–H groups in total. The van der Waals surface area contributed by atoms with Gasteiger partial charge in [0.05, 0.1) is 6.04 Å². The number of nitrogens with zero attached hydrogens (tertiary/aromatic N) is 2. The van der Waals surface area contributed by atoms with Gasteiger partial charge in [-0.2, -0.15) is 0 Å². The number of carboxylic acids is 1. The number of carbonyl (C=O) groups excluding carboxylic acids is 2.